The molecule has 13 heavy (non-hydrogen) atoms. The Balaban J connectivity index is 2.84. The van der Waals surface area contributed by atoms with Gasteiger partial charge in [0.25, 0.3) is 0 Å². The Morgan fingerprint density at radius 2 is 2.15 bits per heavy atom. The molecule has 1 N–H and O–H groups in total. The maximum absolute atomic E-state index is 10.2. The van der Waals surface area contributed by atoms with Crippen LogP contribution in [0.3, 0.4) is 0 Å². The fourth-order valence-electron chi connectivity index (χ4n) is 1.38. The monoisotopic (exact) mass is 178 g/mol. The van der Waals surface area contributed by atoms with Crippen molar-refractivity contribution < 1.29 is 9.90 Å². The van der Waals surface area contributed by atoms with Gasteiger partial charge in [-0.15, -0.1) is 0 Å². The lowest BCUT2D eigenvalue weighted by atomic mass is 10.00. The van der Waals surface area contributed by atoms with Crippen molar-refractivity contribution in [2.24, 2.45) is 0 Å². The van der Waals surface area contributed by atoms with Gasteiger partial charge in [0.2, 0.25) is 0 Å². The van der Waals surface area contributed by atoms with Crippen LogP contribution in [0.15, 0.2) is 24.3 Å². The molecule has 2 nitrogen and oxygen atoms in total. The van der Waals surface area contributed by atoms with Crippen LogP contribution >= 0.6 is 0 Å². The highest BCUT2D eigenvalue weighted by molar-refractivity contribution is 5.50. The number of carbonyl (C=O) groups excluding carboxylic acids is 1. The summed E-state index contributed by atoms with van der Waals surface area (Å²) in [5, 5.41) is 9.42. The van der Waals surface area contributed by atoms with Crippen molar-refractivity contribution in [3.8, 4) is 0 Å². The predicted molar refractivity (Wildman–Crippen MR) is 51.5 cm³/mol. The second-order valence-corrected chi connectivity index (χ2v) is 3.08. The zero-order valence-electron chi connectivity index (χ0n) is 7.73. The third-order valence-corrected chi connectivity index (χ3v) is 2.04. The molecule has 0 amide bonds. The molecule has 0 aliphatic carbocycles. The lowest BCUT2D eigenvalue weighted by molar-refractivity contribution is -0.107. The number of hydrogen-bond donors (Lipinski definition) is 1. The molecular formula is C11H14O2. The van der Waals surface area contributed by atoms with Crippen LogP contribution in [-0.4, -0.2) is 11.4 Å². The normalized spacial score (nSPS) is 12.5. The van der Waals surface area contributed by atoms with Gasteiger partial charge in [-0.25, -0.2) is 0 Å². The fraction of sp³-hybridized carbons (Fsp3) is 0.364. The van der Waals surface area contributed by atoms with Gasteiger partial charge in [-0.2, -0.15) is 0 Å². The van der Waals surface area contributed by atoms with Crippen LogP contribution in [0.2, 0.25) is 0 Å². The molecule has 70 valence electrons. The van der Waals surface area contributed by atoms with Gasteiger partial charge in [0, 0.05) is 6.42 Å². The second-order valence-electron chi connectivity index (χ2n) is 3.08. The molecule has 0 aromatic heterocycles. The lowest BCUT2D eigenvalue weighted by Crippen LogP contribution is -1.98. The zero-order chi connectivity index (χ0) is 9.68. The number of aldehydes is 1. The summed E-state index contributed by atoms with van der Waals surface area (Å²) in [5.74, 6) is 0. The summed E-state index contributed by atoms with van der Waals surface area (Å²) in [4.78, 5) is 10.2. The van der Waals surface area contributed by atoms with Crippen molar-refractivity contribution in [3.63, 3.8) is 0 Å². The van der Waals surface area contributed by atoms with Crippen molar-refractivity contribution in [2.45, 2.75) is 25.9 Å². The minimum absolute atomic E-state index is 0.456. The Morgan fingerprint density at radius 1 is 1.46 bits per heavy atom. The minimum atomic E-state index is -0.456. The predicted octanol–water partition coefficient (Wildman–Crippen LogP) is 1.87. The van der Waals surface area contributed by atoms with Gasteiger partial charge in [-0.3, -0.25) is 0 Å². The highest BCUT2D eigenvalue weighted by Crippen LogP contribution is 2.18. The first-order valence-electron chi connectivity index (χ1n) is 4.45. The molecule has 0 heterocycles. The molecular weight excluding hydrogens is 164 g/mol. The van der Waals surface area contributed by atoms with E-state index in [1.165, 1.54) is 0 Å². The molecule has 1 aromatic carbocycles. The van der Waals surface area contributed by atoms with Crippen LogP contribution in [0, 0.1) is 0 Å². The minimum Gasteiger partial charge on any atom is -0.389 e. The molecule has 1 aromatic rings. The third-order valence-electron chi connectivity index (χ3n) is 2.04. The summed E-state index contributed by atoms with van der Waals surface area (Å²) in [6.45, 7) is 1.74. The SMILES string of the molecule is CC(O)c1ccccc1CCC=O. The van der Waals surface area contributed by atoms with Crippen LogP contribution in [0.1, 0.15) is 30.6 Å². The van der Waals surface area contributed by atoms with E-state index in [2.05, 4.69) is 0 Å². The molecule has 1 unspecified atom stereocenters. The number of aliphatic hydroxyl groups is 1. The second kappa shape index (κ2) is 4.77. The Labute approximate surface area is 78.2 Å². The quantitative estimate of drug-likeness (QED) is 0.715. The Hall–Kier alpha value is -1.15. The van der Waals surface area contributed by atoms with Gasteiger partial charge in [0.15, 0.2) is 0 Å². The zero-order valence-corrected chi connectivity index (χ0v) is 7.73. The van der Waals surface area contributed by atoms with Crippen molar-refractivity contribution in [1.82, 2.24) is 0 Å². The van der Waals surface area contributed by atoms with E-state index in [-0.39, 0.29) is 0 Å². The van der Waals surface area contributed by atoms with Crippen molar-refractivity contribution in [3.05, 3.63) is 35.4 Å². The third kappa shape index (κ3) is 2.67. The maximum Gasteiger partial charge on any atom is 0.120 e. The number of rotatable bonds is 4. The topological polar surface area (TPSA) is 37.3 Å². The van der Waals surface area contributed by atoms with Gasteiger partial charge in [0.1, 0.15) is 6.29 Å². The number of aryl methyl sites for hydroxylation is 1. The molecule has 0 aliphatic rings. The lowest BCUT2D eigenvalue weighted by Gasteiger charge is -2.10. The first-order chi connectivity index (χ1) is 6.25. The largest absolute Gasteiger partial charge is 0.389 e. The van der Waals surface area contributed by atoms with Crippen LogP contribution in [0.5, 0.6) is 0 Å². The van der Waals surface area contributed by atoms with Crippen molar-refractivity contribution >= 4 is 6.29 Å². The smallest absolute Gasteiger partial charge is 0.120 e. The van der Waals surface area contributed by atoms with Crippen LogP contribution in [0.25, 0.3) is 0 Å². The van der Waals surface area contributed by atoms with E-state index in [1.807, 2.05) is 24.3 Å². The highest BCUT2D eigenvalue weighted by Gasteiger charge is 2.05. The standard InChI is InChI=1S/C11H14O2/c1-9(13)11-7-3-2-5-10(11)6-4-8-12/h2-3,5,7-9,13H,4,6H2,1H3. The maximum atomic E-state index is 10.2. The van der Waals surface area contributed by atoms with Gasteiger partial charge in [-0.05, 0) is 24.5 Å². The van der Waals surface area contributed by atoms with Crippen LogP contribution < -0.4 is 0 Å². The van der Waals surface area contributed by atoms with Crippen molar-refractivity contribution in [1.29, 1.82) is 0 Å². The Bertz CT molecular complexity index is 279. The summed E-state index contributed by atoms with van der Waals surface area (Å²) >= 11 is 0. The van der Waals surface area contributed by atoms with Gasteiger partial charge in [-0.1, -0.05) is 24.3 Å². The Morgan fingerprint density at radius 3 is 2.77 bits per heavy atom. The summed E-state index contributed by atoms with van der Waals surface area (Å²) in [6, 6.07) is 7.66. The fourth-order valence-corrected chi connectivity index (χ4v) is 1.38. The summed E-state index contributed by atoms with van der Waals surface area (Å²) in [7, 11) is 0. The van der Waals surface area contributed by atoms with E-state index >= 15 is 0 Å². The summed E-state index contributed by atoms with van der Waals surface area (Å²) < 4.78 is 0. The molecule has 1 rings (SSSR count). The molecule has 0 fully saturated rings. The highest BCUT2D eigenvalue weighted by atomic mass is 16.3. The van der Waals surface area contributed by atoms with Crippen LogP contribution in [0.4, 0.5) is 0 Å². The van der Waals surface area contributed by atoms with E-state index in [1.54, 1.807) is 6.92 Å². The first-order valence-corrected chi connectivity index (χ1v) is 4.45. The van der Waals surface area contributed by atoms with E-state index in [0.29, 0.717) is 12.8 Å². The number of carbonyl (C=O) groups is 1. The molecule has 0 radical (unpaired) electrons. The number of aliphatic hydroxyl groups excluding tert-OH is 1. The molecule has 1 atom stereocenters. The summed E-state index contributed by atoms with van der Waals surface area (Å²) in [6.07, 6.45) is 1.68. The molecule has 0 saturated heterocycles. The molecule has 0 bridgehead atoms. The Kier molecular flexibility index (Phi) is 3.65. The van der Waals surface area contributed by atoms with E-state index in [4.69, 9.17) is 0 Å². The average Bonchev–Trinajstić information content (AvgIpc) is 2.15. The number of hydrogen-bond acceptors (Lipinski definition) is 2. The van der Waals surface area contributed by atoms with Crippen molar-refractivity contribution in [2.75, 3.05) is 0 Å². The first kappa shape index (κ1) is 9.93. The average molecular weight is 178 g/mol. The summed E-state index contributed by atoms with van der Waals surface area (Å²) in [5.41, 5.74) is 1.98. The van der Waals surface area contributed by atoms with Gasteiger partial charge < -0.3 is 9.90 Å². The van der Waals surface area contributed by atoms with Crippen LogP contribution in [-0.2, 0) is 11.2 Å². The molecule has 2 heteroatoms. The van der Waals surface area contributed by atoms with Gasteiger partial charge >= 0.3 is 0 Å². The number of benzene rings is 1. The van der Waals surface area contributed by atoms with E-state index < -0.39 is 6.10 Å². The molecule has 0 aliphatic heterocycles. The van der Waals surface area contributed by atoms with E-state index in [0.717, 1.165) is 17.4 Å². The van der Waals surface area contributed by atoms with E-state index in [9.17, 15) is 9.90 Å². The molecule has 0 spiro atoms. The van der Waals surface area contributed by atoms with Gasteiger partial charge in [0.05, 0.1) is 6.10 Å². The molecule has 0 saturated carbocycles.